The lowest BCUT2D eigenvalue weighted by atomic mass is 10.2. The van der Waals surface area contributed by atoms with Crippen molar-refractivity contribution in [3.05, 3.63) is 24.5 Å². The van der Waals surface area contributed by atoms with Gasteiger partial charge in [-0.05, 0) is 32.0 Å². The summed E-state index contributed by atoms with van der Waals surface area (Å²) in [6.07, 6.45) is 4.27. The van der Waals surface area contributed by atoms with Crippen LogP contribution in [-0.4, -0.2) is 34.6 Å². The second-order valence-electron chi connectivity index (χ2n) is 4.11. The molecule has 0 amide bonds. The molecule has 0 spiro atoms. The molecule has 0 fully saturated rings. The zero-order valence-corrected chi connectivity index (χ0v) is 10.2. The Morgan fingerprint density at radius 2 is 2.06 bits per heavy atom. The lowest BCUT2D eigenvalue weighted by Gasteiger charge is -2.25. The second-order valence-corrected chi connectivity index (χ2v) is 4.11. The number of hydrogen-bond donors (Lipinski definition) is 1. The van der Waals surface area contributed by atoms with Crippen molar-refractivity contribution >= 4 is 17.0 Å². The first-order valence-corrected chi connectivity index (χ1v) is 5.73. The lowest BCUT2D eigenvalue weighted by Crippen LogP contribution is -2.31. The van der Waals surface area contributed by atoms with Gasteiger partial charge in [-0.15, -0.1) is 0 Å². The summed E-state index contributed by atoms with van der Waals surface area (Å²) in [4.78, 5) is 15.0. The van der Waals surface area contributed by atoms with Gasteiger partial charge in [0.05, 0.1) is 0 Å². The van der Waals surface area contributed by atoms with Gasteiger partial charge in [0.25, 0.3) is 0 Å². The quantitative estimate of drug-likeness (QED) is 0.856. The summed E-state index contributed by atoms with van der Waals surface area (Å²) < 4.78 is 0. The van der Waals surface area contributed by atoms with Gasteiger partial charge in [0, 0.05) is 25.5 Å². The highest BCUT2D eigenvalue weighted by molar-refractivity contribution is 5.71. The first-order chi connectivity index (χ1) is 8.22. The van der Waals surface area contributed by atoms with Crippen molar-refractivity contribution in [2.75, 3.05) is 18.5 Å². The van der Waals surface area contributed by atoms with E-state index in [9.17, 15) is 0 Å². The molecule has 2 rings (SSSR count). The molecular formula is C12H17N5. The molecule has 2 aromatic heterocycles. The largest absolute Gasteiger partial charge is 0.357 e. The highest BCUT2D eigenvalue weighted by atomic mass is 15.2. The Labute approximate surface area is 101 Å². The summed E-state index contributed by atoms with van der Waals surface area (Å²) in [6, 6.07) is 4.27. The van der Waals surface area contributed by atoms with Crippen LogP contribution in [-0.2, 0) is 0 Å². The monoisotopic (exact) mass is 231 g/mol. The third kappa shape index (κ3) is 2.50. The Balaban J connectivity index is 2.29. The van der Waals surface area contributed by atoms with Gasteiger partial charge in [-0.3, -0.25) is 4.98 Å². The Morgan fingerprint density at radius 1 is 1.29 bits per heavy atom. The Morgan fingerprint density at radius 3 is 2.82 bits per heavy atom. The summed E-state index contributed by atoms with van der Waals surface area (Å²) in [5.74, 6) is 0.902. The van der Waals surface area contributed by atoms with Gasteiger partial charge < -0.3 is 10.6 Å². The SMILES string of the molecule is CC(CCN)N(C)c1ccc2nccnc2n1. The number of pyridine rings is 1. The van der Waals surface area contributed by atoms with Crippen molar-refractivity contribution in [1.82, 2.24) is 15.0 Å². The Bertz CT molecular complexity index is 499. The van der Waals surface area contributed by atoms with E-state index in [0.717, 1.165) is 17.8 Å². The molecule has 1 unspecified atom stereocenters. The van der Waals surface area contributed by atoms with E-state index in [0.29, 0.717) is 18.2 Å². The smallest absolute Gasteiger partial charge is 0.180 e. The molecule has 0 saturated heterocycles. The molecule has 0 aromatic carbocycles. The van der Waals surface area contributed by atoms with E-state index in [1.165, 1.54) is 0 Å². The summed E-state index contributed by atoms with van der Waals surface area (Å²) in [5.41, 5.74) is 7.06. The zero-order valence-electron chi connectivity index (χ0n) is 10.2. The highest BCUT2D eigenvalue weighted by Crippen LogP contribution is 2.16. The molecule has 5 heteroatoms. The van der Waals surface area contributed by atoms with Crippen LogP contribution in [0.2, 0.25) is 0 Å². The molecule has 0 radical (unpaired) electrons. The summed E-state index contributed by atoms with van der Waals surface area (Å²) in [7, 11) is 2.02. The maximum Gasteiger partial charge on any atom is 0.180 e. The molecule has 0 aliphatic rings. The number of fused-ring (bicyclic) bond motifs is 1. The van der Waals surface area contributed by atoms with Crippen molar-refractivity contribution in [3.63, 3.8) is 0 Å². The molecule has 2 N–H and O–H groups in total. The fourth-order valence-electron chi connectivity index (χ4n) is 1.70. The van der Waals surface area contributed by atoms with Crippen molar-refractivity contribution in [3.8, 4) is 0 Å². The molecule has 0 aliphatic carbocycles. The van der Waals surface area contributed by atoms with Gasteiger partial charge >= 0.3 is 0 Å². The van der Waals surface area contributed by atoms with E-state index in [2.05, 4.69) is 26.8 Å². The predicted octanol–water partition coefficient (Wildman–Crippen LogP) is 1.20. The van der Waals surface area contributed by atoms with E-state index >= 15 is 0 Å². The normalized spacial score (nSPS) is 12.6. The van der Waals surface area contributed by atoms with Crippen molar-refractivity contribution in [2.45, 2.75) is 19.4 Å². The molecule has 5 nitrogen and oxygen atoms in total. The standard InChI is InChI=1S/C12H17N5/c1-9(5-6-13)17(2)11-4-3-10-12(16-11)15-8-7-14-10/h3-4,7-9H,5-6,13H2,1-2H3. The number of nitrogens with zero attached hydrogens (tertiary/aromatic N) is 4. The number of rotatable bonds is 4. The molecular weight excluding hydrogens is 214 g/mol. The molecule has 0 saturated carbocycles. The Hall–Kier alpha value is -1.75. The minimum Gasteiger partial charge on any atom is -0.357 e. The fourth-order valence-corrected chi connectivity index (χ4v) is 1.70. The third-order valence-corrected chi connectivity index (χ3v) is 2.92. The van der Waals surface area contributed by atoms with Gasteiger partial charge in [0.15, 0.2) is 5.65 Å². The van der Waals surface area contributed by atoms with Gasteiger partial charge in [-0.1, -0.05) is 0 Å². The third-order valence-electron chi connectivity index (χ3n) is 2.92. The van der Waals surface area contributed by atoms with E-state index in [4.69, 9.17) is 5.73 Å². The molecule has 2 aromatic rings. The number of nitrogens with two attached hydrogens (primary N) is 1. The number of anilines is 1. The first kappa shape index (κ1) is 11.7. The van der Waals surface area contributed by atoms with Crippen LogP contribution >= 0.6 is 0 Å². The highest BCUT2D eigenvalue weighted by Gasteiger charge is 2.11. The second kappa shape index (κ2) is 5.05. The summed E-state index contributed by atoms with van der Waals surface area (Å²) in [5, 5.41) is 0. The zero-order chi connectivity index (χ0) is 12.3. The minimum atomic E-state index is 0.363. The maximum absolute atomic E-state index is 5.57. The minimum absolute atomic E-state index is 0.363. The average Bonchev–Trinajstić information content (AvgIpc) is 2.37. The van der Waals surface area contributed by atoms with E-state index in [-0.39, 0.29) is 0 Å². The molecule has 17 heavy (non-hydrogen) atoms. The predicted molar refractivity (Wildman–Crippen MR) is 68.9 cm³/mol. The van der Waals surface area contributed by atoms with Gasteiger partial charge in [0.1, 0.15) is 11.3 Å². The van der Waals surface area contributed by atoms with Gasteiger partial charge in [-0.25, -0.2) is 9.97 Å². The molecule has 1 atom stereocenters. The molecule has 0 bridgehead atoms. The topological polar surface area (TPSA) is 67.9 Å². The van der Waals surface area contributed by atoms with Crippen LogP contribution in [0.25, 0.3) is 11.2 Å². The summed E-state index contributed by atoms with van der Waals surface area (Å²) >= 11 is 0. The Kier molecular flexibility index (Phi) is 3.49. The van der Waals surface area contributed by atoms with Crippen molar-refractivity contribution in [2.24, 2.45) is 5.73 Å². The molecule has 90 valence electrons. The van der Waals surface area contributed by atoms with Crippen LogP contribution in [0.5, 0.6) is 0 Å². The fraction of sp³-hybridized carbons (Fsp3) is 0.417. The van der Waals surface area contributed by atoms with Gasteiger partial charge in [0.2, 0.25) is 0 Å². The van der Waals surface area contributed by atoms with E-state index in [1.54, 1.807) is 12.4 Å². The van der Waals surface area contributed by atoms with Crippen molar-refractivity contribution in [1.29, 1.82) is 0 Å². The first-order valence-electron chi connectivity index (χ1n) is 5.73. The van der Waals surface area contributed by atoms with Crippen LogP contribution < -0.4 is 10.6 Å². The van der Waals surface area contributed by atoms with Gasteiger partial charge in [-0.2, -0.15) is 0 Å². The van der Waals surface area contributed by atoms with Crippen LogP contribution in [0, 0.1) is 0 Å². The maximum atomic E-state index is 5.57. The van der Waals surface area contributed by atoms with Crippen LogP contribution in [0.3, 0.4) is 0 Å². The van der Waals surface area contributed by atoms with Crippen LogP contribution in [0.15, 0.2) is 24.5 Å². The van der Waals surface area contributed by atoms with E-state index in [1.807, 2.05) is 19.2 Å². The number of hydrogen-bond acceptors (Lipinski definition) is 5. The van der Waals surface area contributed by atoms with Crippen LogP contribution in [0.1, 0.15) is 13.3 Å². The number of aromatic nitrogens is 3. The van der Waals surface area contributed by atoms with E-state index < -0.39 is 0 Å². The molecule has 2 heterocycles. The lowest BCUT2D eigenvalue weighted by molar-refractivity contribution is 0.630. The average molecular weight is 231 g/mol. The van der Waals surface area contributed by atoms with Crippen LogP contribution in [0.4, 0.5) is 5.82 Å². The summed E-state index contributed by atoms with van der Waals surface area (Å²) in [6.45, 7) is 2.81. The molecule has 0 aliphatic heterocycles. The van der Waals surface area contributed by atoms with Crippen molar-refractivity contribution < 1.29 is 0 Å².